The molecule has 1 aliphatic carbocycles. The van der Waals surface area contributed by atoms with Crippen LogP contribution in [0.15, 0.2) is 48.9 Å². The molecule has 1 saturated carbocycles. The van der Waals surface area contributed by atoms with E-state index in [4.69, 9.17) is 15.7 Å². The van der Waals surface area contributed by atoms with Crippen LogP contribution in [0.25, 0.3) is 22.3 Å². The van der Waals surface area contributed by atoms with Crippen molar-refractivity contribution in [3.8, 4) is 11.4 Å². The molecule has 4 aromatic rings. The first-order valence-electron chi connectivity index (χ1n) is 13.7. The molecule has 1 atom stereocenters. The van der Waals surface area contributed by atoms with Crippen LogP contribution < -0.4 is 11.1 Å². The van der Waals surface area contributed by atoms with Crippen molar-refractivity contribution < 1.29 is 8.78 Å². The quantitative estimate of drug-likeness (QED) is 0.299. The summed E-state index contributed by atoms with van der Waals surface area (Å²) in [7, 11) is 0. The van der Waals surface area contributed by atoms with Crippen molar-refractivity contribution >= 4 is 22.4 Å². The fourth-order valence-electron chi connectivity index (χ4n) is 5.61. The van der Waals surface area contributed by atoms with E-state index in [0.29, 0.717) is 29.3 Å². The molecule has 9 heteroatoms. The summed E-state index contributed by atoms with van der Waals surface area (Å²) in [6.07, 6.45) is 9.59. The maximum atomic E-state index is 14.3. The van der Waals surface area contributed by atoms with Gasteiger partial charge in [0.2, 0.25) is 0 Å². The second-order valence-corrected chi connectivity index (χ2v) is 11.0. The Morgan fingerprint density at radius 3 is 2.44 bits per heavy atom. The number of fused-ring (bicyclic) bond motifs is 1. The normalized spacial score (nSPS) is 17.6. The van der Waals surface area contributed by atoms with E-state index < -0.39 is 11.6 Å². The molecule has 0 amide bonds. The van der Waals surface area contributed by atoms with Gasteiger partial charge in [-0.15, -0.1) is 0 Å². The highest BCUT2D eigenvalue weighted by molar-refractivity contribution is 5.86. The number of para-hydroxylation sites is 1. The maximum absolute atomic E-state index is 14.3. The average molecular weight is 530 g/mol. The Hall–Kier alpha value is -3.56. The van der Waals surface area contributed by atoms with Crippen molar-refractivity contribution in [2.24, 2.45) is 11.7 Å². The van der Waals surface area contributed by atoms with E-state index in [1.165, 1.54) is 23.8 Å². The Labute approximate surface area is 226 Å². The van der Waals surface area contributed by atoms with Gasteiger partial charge in [0.25, 0.3) is 0 Å². The molecular formula is C30H33F2N7. The third kappa shape index (κ3) is 5.21. The van der Waals surface area contributed by atoms with Crippen LogP contribution in [0.4, 0.5) is 20.3 Å². The van der Waals surface area contributed by atoms with Gasteiger partial charge in [-0.2, -0.15) is 0 Å². The molecule has 39 heavy (non-hydrogen) atoms. The first-order chi connectivity index (χ1) is 18.9. The van der Waals surface area contributed by atoms with Gasteiger partial charge in [0.15, 0.2) is 5.82 Å². The number of hydrogen-bond acceptors (Lipinski definition) is 7. The molecule has 1 unspecified atom stereocenters. The van der Waals surface area contributed by atoms with Crippen LogP contribution in [-0.2, 0) is 0 Å². The maximum Gasteiger partial charge on any atom is 0.160 e. The van der Waals surface area contributed by atoms with Gasteiger partial charge in [0.05, 0.1) is 23.4 Å². The standard InChI is InChI=1S/C30H33F2N7/c1-17(2)39-12-9-19(10-13-39)27(33)29-26-21(18-6-7-18)15-34-16-24(26)36-30(38-29)20-8-11-35-25(14-20)37-28-22(31)4-3-5-23(28)32/h3-5,8,11,14-19,27H,6-7,9-10,12-13,33H2,1-2H3,(H,35,37). The number of rotatable bonds is 7. The van der Waals surface area contributed by atoms with Crippen LogP contribution in [0.5, 0.6) is 0 Å². The SMILES string of the molecule is CC(C)N1CCC(C(N)c2nc(-c3ccnc(Nc4c(F)cccc4F)c3)nc3cncc(C4CC4)c23)CC1. The van der Waals surface area contributed by atoms with Crippen LogP contribution in [0, 0.1) is 17.6 Å². The summed E-state index contributed by atoms with van der Waals surface area (Å²) in [4.78, 5) is 21.2. The summed E-state index contributed by atoms with van der Waals surface area (Å²) in [5.74, 6) is 0.166. The van der Waals surface area contributed by atoms with Gasteiger partial charge in [-0.1, -0.05) is 6.07 Å². The molecule has 7 nitrogen and oxygen atoms in total. The van der Waals surface area contributed by atoms with Gasteiger partial charge >= 0.3 is 0 Å². The number of nitrogens with one attached hydrogen (secondary N) is 1. The molecule has 0 bridgehead atoms. The number of nitrogens with two attached hydrogens (primary N) is 1. The van der Waals surface area contributed by atoms with Gasteiger partial charge in [0, 0.05) is 29.4 Å². The molecule has 4 heterocycles. The Balaban J connectivity index is 1.39. The van der Waals surface area contributed by atoms with Crippen molar-refractivity contribution in [1.82, 2.24) is 24.8 Å². The zero-order valence-corrected chi connectivity index (χ0v) is 22.2. The van der Waals surface area contributed by atoms with E-state index >= 15 is 0 Å². The van der Waals surface area contributed by atoms with Crippen LogP contribution in [0.2, 0.25) is 0 Å². The highest BCUT2D eigenvalue weighted by Gasteiger charge is 2.32. The highest BCUT2D eigenvalue weighted by Crippen LogP contribution is 2.45. The van der Waals surface area contributed by atoms with Gasteiger partial charge in [-0.05, 0) is 94.3 Å². The third-order valence-corrected chi connectivity index (χ3v) is 8.04. The smallest absolute Gasteiger partial charge is 0.160 e. The number of nitrogens with zero attached hydrogens (tertiary/aromatic N) is 5. The Morgan fingerprint density at radius 2 is 1.74 bits per heavy atom. The van der Waals surface area contributed by atoms with E-state index in [2.05, 4.69) is 34.0 Å². The molecule has 3 N–H and O–H groups in total. The van der Waals surface area contributed by atoms with Gasteiger partial charge in [-0.25, -0.2) is 23.7 Å². The van der Waals surface area contributed by atoms with Crippen molar-refractivity contribution in [1.29, 1.82) is 0 Å². The molecule has 1 saturated heterocycles. The molecule has 2 aliphatic rings. The molecule has 3 aromatic heterocycles. The lowest BCUT2D eigenvalue weighted by atomic mass is 9.85. The minimum absolute atomic E-state index is 0.240. The van der Waals surface area contributed by atoms with E-state index in [1.807, 2.05) is 6.20 Å². The molecule has 202 valence electrons. The number of anilines is 2. The molecule has 0 spiro atoms. The molecule has 2 fully saturated rings. The third-order valence-electron chi connectivity index (χ3n) is 8.04. The second kappa shape index (κ2) is 10.5. The highest BCUT2D eigenvalue weighted by atomic mass is 19.1. The van der Waals surface area contributed by atoms with E-state index in [-0.39, 0.29) is 17.5 Å². The van der Waals surface area contributed by atoms with Gasteiger partial charge in [-0.3, -0.25) is 4.98 Å². The van der Waals surface area contributed by atoms with Crippen molar-refractivity contribution in [3.63, 3.8) is 0 Å². The van der Waals surface area contributed by atoms with Gasteiger partial charge in [0.1, 0.15) is 23.1 Å². The number of hydrogen-bond donors (Lipinski definition) is 2. The van der Waals surface area contributed by atoms with Crippen LogP contribution >= 0.6 is 0 Å². The predicted molar refractivity (Wildman–Crippen MR) is 149 cm³/mol. The zero-order valence-electron chi connectivity index (χ0n) is 22.2. The van der Waals surface area contributed by atoms with Crippen molar-refractivity contribution in [2.75, 3.05) is 18.4 Å². The average Bonchev–Trinajstić information content (AvgIpc) is 3.80. The minimum atomic E-state index is -0.695. The Morgan fingerprint density at radius 1 is 1.00 bits per heavy atom. The number of pyridine rings is 2. The summed E-state index contributed by atoms with van der Waals surface area (Å²) in [6, 6.07) is 7.49. The lowest BCUT2D eigenvalue weighted by Gasteiger charge is -2.37. The summed E-state index contributed by atoms with van der Waals surface area (Å²) in [5.41, 5.74) is 10.2. The number of aromatic nitrogens is 4. The predicted octanol–water partition coefficient (Wildman–Crippen LogP) is 6.11. The molecule has 1 aliphatic heterocycles. The fraction of sp³-hybridized carbons (Fsp3) is 0.400. The zero-order chi connectivity index (χ0) is 27.1. The minimum Gasteiger partial charge on any atom is -0.335 e. The van der Waals surface area contributed by atoms with Crippen molar-refractivity contribution in [3.05, 3.63) is 71.8 Å². The van der Waals surface area contributed by atoms with E-state index in [9.17, 15) is 8.78 Å². The number of piperidine rings is 1. The van der Waals surface area contributed by atoms with E-state index in [1.54, 1.807) is 24.5 Å². The summed E-state index contributed by atoms with van der Waals surface area (Å²) < 4.78 is 28.5. The molecule has 1 aromatic carbocycles. The van der Waals surface area contributed by atoms with Gasteiger partial charge < -0.3 is 16.0 Å². The molecule has 6 rings (SSSR count). The monoisotopic (exact) mass is 529 g/mol. The number of benzene rings is 1. The van der Waals surface area contributed by atoms with Crippen LogP contribution in [-0.4, -0.2) is 44.0 Å². The van der Waals surface area contributed by atoms with Crippen molar-refractivity contribution in [2.45, 2.75) is 57.5 Å². The first kappa shape index (κ1) is 25.7. The lowest BCUT2D eigenvalue weighted by Crippen LogP contribution is -2.41. The summed E-state index contributed by atoms with van der Waals surface area (Å²) in [5, 5.41) is 3.79. The van der Waals surface area contributed by atoms with Crippen LogP contribution in [0.1, 0.15) is 62.7 Å². The summed E-state index contributed by atoms with van der Waals surface area (Å²) >= 11 is 0. The van der Waals surface area contributed by atoms with Crippen LogP contribution in [0.3, 0.4) is 0 Å². The fourth-order valence-corrected chi connectivity index (χ4v) is 5.61. The number of likely N-dealkylation sites (tertiary alicyclic amines) is 1. The number of halogens is 2. The second-order valence-electron chi connectivity index (χ2n) is 11.0. The first-order valence-corrected chi connectivity index (χ1v) is 13.7. The Kier molecular flexibility index (Phi) is 6.95. The summed E-state index contributed by atoms with van der Waals surface area (Å²) in [6.45, 7) is 6.51. The Bertz CT molecular complexity index is 1480. The van der Waals surface area contributed by atoms with E-state index in [0.717, 1.165) is 55.4 Å². The topological polar surface area (TPSA) is 92.8 Å². The molecular weight excluding hydrogens is 496 g/mol. The largest absolute Gasteiger partial charge is 0.335 e. The lowest BCUT2D eigenvalue weighted by molar-refractivity contribution is 0.137. The molecule has 0 radical (unpaired) electrons.